The van der Waals surface area contributed by atoms with Crippen molar-refractivity contribution in [3.05, 3.63) is 42.1 Å². The number of nitrogens with two attached hydrogens (primary N) is 1. The van der Waals surface area contributed by atoms with Crippen molar-refractivity contribution in [1.29, 1.82) is 0 Å². The number of rotatable bonds is 4. The van der Waals surface area contributed by atoms with Gasteiger partial charge in [-0.3, -0.25) is 4.98 Å². The van der Waals surface area contributed by atoms with Gasteiger partial charge in [0.25, 0.3) is 0 Å². The smallest absolute Gasteiger partial charge is 0.0704 e. The van der Waals surface area contributed by atoms with E-state index in [2.05, 4.69) is 50.0 Å². The molecule has 0 spiro atoms. The van der Waals surface area contributed by atoms with Crippen LogP contribution in [0, 0.1) is 5.92 Å². The molecule has 2 heteroatoms. The number of hydrogen-bond acceptors (Lipinski definition) is 2. The average Bonchev–Trinajstić information content (AvgIpc) is 2.38. The van der Waals surface area contributed by atoms with E-state index in [1.165, 1.54) is 10.9 Å². The van der Waals surface area contributed by atoms with E-state index in [0.717, 1.165) is 18.4 Å². The maximum atomic E-state index is 6.47. The number of para-hydroxylation sites is 1. The highest BCUT2D eigenvalue weighted by molar-refractivity contribution is 5.81. The lowest BCUT2D eigenvalue weighted by molar-refractivity contribution is 0.307. The van der Waals surface area contributed by atoms with E-state index in [4.69, 9.17) is 5.73 Å². The second-order valence-electron chi connectivity index (χ2n) is 5.48. The Labute approximate surface area is 109 Å². The quantitative estimate of drug-likeness (QED) is 0.890. The number of fused-ring (bicyclic) bond motifs is 1. The van der Waals surface area contributed by atoms with Crippen LogP contribution in [0.3, 0.4) is 0 Å². The molecule has 0 bridgehead atoms. The molecule has 1 aromatic heterocycles. The summed E-state index contributed by atoms with van der Waals surface area (Å²) in [6, 6.07) is 10.4. The van der Waals surface area contributed by atoms with Crippen molar-refractivity contribution >= 4 is 10.9 Å². The molecule has 0 aliphatic carbocycles. The molecule has 2 nitrogen and oxygen atoms in total. The van der Waals surface area contributed by atoms with Gasteiger partial charge in [0.1, 0.15) is 0 Å². The number of aromatic nitrogens is 1. The van der Waals surface area contributed by atoms with Crippen LogP contribution >= 0.6 is 0 Å². The first-order valence-electron chi connectivity index (χ1n) is 6.66. The summed E-state index contributed by atoms with van der Waals surface area (Å²) in [7, 11) is 0. The lowest BCUT2D eigenvalue weighted by Crippen LogP contribution is -2.44. The van der Waals surface area contributed by atoms with Crippen molar-refractivity contribution in [2.24, 2.45) is 11.7 Å². The standard InChI is InChI=1S/C16H22N2/c1-4-12(2)16(3,17)11-13-9-10-18-15-8-6-5-7-14(13)15/h5-10,12H,4,11,17H2,1-3H3. The van der Waals surface area contributed by atoms with Crippen molar-refractivity contribution in [1.82, 2.24) is 4.98 Å². The van der Waals surface area contributed by atoms with Crippen molar-refractivity contribution in [2.75, 3.05) is 0 Å². The lowest BCUT2D eigenvalue weighted by atomic mass is 9.80. The fourth-order valence-electron chi connectivity index (χ4n) is 2.36. The van der Waals surface area contributed by atoms with Gasteiger partial charge in [-0.25, -0.2) is 0 Å². The summed E-state index contributed by atoms with van der Waals surface area (Å²) >= 11 is 0. The first-order chi connectivity index (χ1) is 8.54. The topological polar surface area (TPSA) is 38.9 Å². The minimum absolute atomic E-state index is 0.168. The monoisotopic (exact) mass is 242 g/mol. The number of benzene rings is 1. The van der Waals surface area contributed by atoms with Gasteiger partial charge in [-0.15, -0.1) is 0 Å². The SMILES string of the molecule is CCC(C)C(C)(N)Cc1ccnc2ccccc12. The predicted octanol–water partition coefficient (Wildman–Crippen LogP) is 3.54. The zero-order valence-corrected chi connectivity index (χ0v) is 11.5. The van der Waals surface area contributed by atoms with Gasteiger partial charge >= 0.3 is 0 Å². The molecule has 0 saturated heterocycles. The molecular formula is C16H22N2. The van der Waals surface area contributed by atoms with Crippen LogP contribution in [-0.2, 0) is 6.42 Å². The molecule has 0 fully saturated rings. The molecule has 2 N–H and O–H groups in total. The molecule has 96 valence electrons. The molecule has 2 rings (SSSR count). The zero-order valence-electron chi connectivity index (χ0n) is 11.5. The van der Waals surface area contributed by atoms with E-state index >= 15 is 0 Å². The Balaban J connectivity index is 2.38. The summed E-state index contributed by atoms with van der Waals surface area (Å²) in [5.74, 6) is 0.504. The Kier molecular flexibility index (Phi) is 3.67. The van der Waals surface area contributed by atoms with Crippen LogP contribution in [0.25, 0.3) is 10.9 Å². The van der Waals surface area contributed by atoms with Crippen molar-refractivity contribution in [3.63, 3.8) is 0 Å². The van der Waals surface area contributed by atoms with Crippen LogP contribution in [0.4, 0.5) is 0 Å². The van der Waals surface area contributed by atoms with Crippen molar-refractivity contribution in [2.45, 2.75) is 39.2 Å². The summed E-state index contributed by atoms with van der Waals surface area (Å²) < 4.78 is 0. The fraction of sp³-hybridized carbons (Fsp3) is 0.438. The van der Waals surface area contributed by atoms with Crippen LogP contribution in [0.2, 0.25) is 0 Å². The Morgan fingerprint density at radius 2 is 2.00 bits per heavy atom. The molecule has 18 heavy (non-hydrogen) atoms. The highest BCUT2D eigenvalue weighted by Crippen LogP contribution is 2.25. The van der Waals surface area contributed by atoms with Crippen LogP contribution in [0.1, 0.15) is 32.8 Å². The Bertz CT molecular complexity index is 526. The summed E-state index contributed by atoms with van der Waals surface area (Å²) in [4.78, 5) is 4.40. The first-order valence-corrected chi connectivity index (χ1v) is 6.66. The number of pyridine rings is 1. The summed E-state index contributed by atoms with van der Waals surface area (Å²) in [5.41, 5.74) is 8.65. The largest absolute Gasteiger partial charge is 0.325 e. The van der Waals surface area contributed by atoms with Gasteiger partial charge in [0.15, 0.2) is 0 Å². The molecule has 2 atom stereocenters. The molecule has 1 aromatic carbocycles. The van der Waals surface area contributed by atoms with E-state index in [9.17, 15) is 0 Å². The Morgan fingerprint density at radius 1 is 1.28 bits per heavy atom. The van der Waals surface area contributed by atoms with Gasteiger partial charge in [0.2, 0.25) is 0 Å². The van der Waals surface area contributed by atoms with E-state index < -0.39 is 0 Å². The summed E-state index contributed by atoms with van der Waals surface area (Å²) in [5, 5.41) is 1.22. The van der Waals surface area contributed by atoms with Crippen molar-refractivity contribution in [3.8, 4) is 0 Å². The third-order valence-electron chi connectivity index (χ3n) is 4.05. The Morgan fingerprint density at radius 3 is 2.72 bits per heavy atom. The molecule has 2 aromatic rings. The molecule has 0 radical (unpaired) electrons. The highest BCUT2D eigenvalue weighted by atomic mass is 14.7. The minimum Gasteiger partial charge on any atom is -0.325 e. The van der Waals surface area contributed by atoms with Gasteiger partial charge < -0.3 is 5.73 Å². The number of hydrogen-bond donors (Lipinski definition) is 1. The molecule has 0 aliphatic rings. The normalized spacial score (nSPS) is 16.4. The van der Waals surface area contributed by atoms with Crippen LogP contribution in [0.5, 0.6) is 0 Å². The third-order valence-corrected chi connectivity index (χ3v) is 4.05. The maximum absolute atomic E-state index is 6.47. The molecule has 1 heterocycles. The molecule has 0 aliphatic heterocycles. The predicted molar refractivity (Wildman–Crippen MR) is 77.5 cm³/mol. The average molecular weight is 242 g/mol. The highest BCUT2D eigenvalue weighted by Gasteiger charge is 2.26. The van der Waals surface area contributed by atoms with Crippen LogP contribution in [0.15, 0.2) is 36.5 Å². The Hall–Kier alpha value is -1.41. The van der Waals surface area contributed by atoms with E-state index in [1.54, 1.807) is 0 Å². The molecular weight excluding hydrogens is 220 g/mol. The van der Waals surface area contributed by atoms with Gasteiger partial charge in [-0.2, -0.15) is 0 Å². The summed E-state index contributed by atoms with van der Waals surface area (Å²) in [6.45, 7) is 6.57. The zero-order chi connectivity index (χ0) is 13.2. The van der Waals surface area contributed by atoms with E-state index in [1.807, 2.05) is 12.3 Å². The molecule has 0 saturated carbocycles. The van der Waals surface area contributed by atoms with Crippen molar-refractivity contribution < 1.29 is 0 Å². The van der Waals surface area contributed by atoms with Gasteiger partial charge in [0, 0.05) is 17.1 Å². The maximum Gasteiger partial charge on any atom is 0.0704 e. The molecule has 0 amide bonds. The fourth-order valence-corrected chi connectivity index (χ4v) is 2.36. The third kappa shape index (κ3) is 2.54. The van der Waals surface area contributed by atoms with Crippen LogP contribution in [-0.4, -0.2) is 10.5 Å². The van der Waals surface area contributed by atoms with Crippen LogP contribution < -0.4 is 5.73 Å². The van der Waals surface area contributed by atoms with Gasteiger partial charge in [0.05, 0.1) is 5.52 Å². The number of nitrogens with zero attached hydrogens (tertiary/aromatic N) is 1. The van der Waals surface area contributed by atoms with E-state index in [0.29, 0.717) is 5.92 Å². The lowest BCUT2D eigenvalue weighted by Gasteiger charge is -2.31. The van der Waals surface area contributed by atoms with Gasteiger partial charge in [-0.05, 0) is 37.0 Å². The second kappa shape index (κ2) is 5.07. The van der Waals surface area contributed by atoms with Gasteiger partial charge in [-0.1, -0.05) is 38.5 Å². The second-order valence-corrected chi connectivity index (χ2v) is 5.48. The molecule has 2 unspecified atom stereocenters. The minimum atomic E-state index is -0.168. The van der Waals surface area contributed by atoms with E-state index in [-0.39, 0.29) is 5.54 Å². The summed E-state index contributed by atoms with van der Waals surface area (Å²) in [6.07, 6.45) is 3.88. The first kappa shape index (κ1) is 13.0.